The minimum atomic E-state index is -0.405. The molecule has 0 heterocycles. The van der Waals surface area contributed by atoms with Gasteiger partial charge < -0.3 is 0 Å². The molecule has 1 aliphatic carbocycles. The number of rotatable bonds is 4. The van der Waals surface area contributed by atoms with Crippen molar-refractivity contribution in [3.8, 4) is 0 Å². The number of carbonyl (C=O) groups excluding carboxylic acids is 1. The SMILES string of the molecule is CCc1ccc(C(=O)OOC2CC(C)CCC2C)cc1. The van der Waals surface area contributed by atoms with Crippen molar-refractivity contribution in [3.63, 3.8) is 0 Å². The highest BCUT2D eigenvalue weighted by atomic mass is 17.2. The Morgan fingerprint density at radius 2 is 1.90 bits per heavy atom. The largest absolute Gasteiger partial charge is 0.373 e. The highest BCUT2D eigenvalue weighted by Gasteiger charge is 2.28. The second kappa shape index (κ2) is 6.89. The molecule has 1 aromatic carbocycles. The maximum atomic E-state index is 11.9. The van der Waals surface area contributed by atoms with Crippen molar-refractivity contribution >= 4 is 5.97 Å². The summed E-state index contributed by atoms with van der Waals surface area (Å²) in [6.07, 6.45) is 4.31. The van der Waals surface area contributed by atoms with Crippen LogP contribution in [0.15, 0.2) is 24.3 Å². The highest BCUT2D eigenvalue weighted by molar-refractivity contribution is 5.88. The molecule has 1 aromatic rings. The molecule has 0 saturated heterocycles. The molecule has 1 fully saturated rings. The number of benzene rings is 1. The molecular weight excluding hydrogens is 252 g/mol. The van der Waals surface area contributed by atoms with Crippen molar-refractivity contribution in [1.82, 2.24) is 0 Å². The standard InChI is InChI=1S/C17H24O3/c1-4-14-7-9-15(10-8-14)17(18)20-19-16-11-12(2)5-6-13(16)3/h7-10,12-13,16H,4-6,11H2,1-3H3. The third-order valence-electron chi connectivity index (χ3n) is 4.23. The van der Waals surface area contributed by atoms with Gasteiger partial charge >= 0.3 is 5.97 Å². The third kappa shape index (κ3) is 3.83. The summed E-state index contributed by atoms with van der Waals surface area (Å²) in [4.78, 5) is 22.3. The van der Waals surface area contributed by atoms with Gasteiger partial charge in [0.25, 0.3) is 0 Å². The van der Waals surface area contributed by atoms with Crippen LogP contribution in [0, 0.1) is 11.8 Å². The van der Waals surface area contributed by atoms with E-state index in [1.807, 2.05) is 12.1 Å². The lowest BCUT2D eigenvalue weighted by atomic mass is 9.82. The van der Waals surface area contributed by atoms with Crippen LogP contribution in [0.1, 0.15) is 56.0 Å². The van der Waals surface area contributed by atoms with E-state index in [-0.39, 0.29) is 6.10 Å². The minimum absolute atomic E-state index is 0.0256. The van der Waals surface area contributed by atoms with Gasteiger partial charge in [-0.3, -0.25) is 4.89 Å². The first-order valence-electron chi connectivity index (χ1n) is 7.56. The number of hydrogen-bond acceptors (Lipinski definition) is 3. The van der Waals surface area contributed by atoms with Crippen molar-refractivity contribution in [2.75, 3.05) is 0 Å². The quantitative estimate of drug-likeness (QED) is 0.612. The Labute approximate surface area is 121 Å². The molecule has 3 unspecified atom stereocenters. The van der Waals surface area contributed by atoms with E-state index in [9.17, 15) is 4.79 Å². The van der Waals surface area contributed by atoms with E-state index >= 15 is 0 Å². The average Bonchev–Trinajstić information content (AvgIpc) is 2.48. The molecule has 0 aliphatic heterocycles. The van der Waals surface area contributed by atoms with Crippen LogP contribution in [-0.2, 0) is 16.2 Å². The number of hydrogen-bond donors (Lipinski definition) is 0. The van der Waals surface area contributed by atoms with Crippen LogP contribution in [0.2, 0.25) is 0 Å². The van der Waals surface area contributed by atoms with E-state index in [2.05, 4.69) is 20.8 Å². The van der Waals surface area contributed by atoms with E-state index in [4.69, 9.17) is 9.78 Å². The Kier molecular flexibility index (Phi) is 5.18. The van der Waals surface area contributed by atoms with Crippen molar-refractivity contribution in [2.24, 2.45) is 11.8 Å². The summed E-state index contributed by atoms with van der Waals surface area (Å²) >= 11 is 0. The van der Waals surface area contributed by atoms with Gasteiger partial charge in [0.05, 0.1) is 5.56 Å². The summed E-state index contributed by atoms with van der Waals surface area (Å²) in [7, 11) is 0. The molecule has 1 saturated carbocycles. The zero-order valence-corrected chi connectivity index (χ0v) is 12.6. The van der Waals surface area contributed by atoms with Gasteiger partial charge in [-0.25, -0.2) is 4.79 Å². The molecule has 0 radical (unpaired) electrons. The monoisotopic (exact) mass is 276 g/mol. The number of carbonyl (C=O) groups is 1. The second-order valence-corrected chi connectivity index (χ2v) is 5.95. The summed E-state index contributed by atoms with van der Waals surface area (Å²) in [5.41, 5.74) is 1.75. The average molecular weight is 276 g/mol. The maximum Gasteiger partial charge on any atom is 0.373 e. The first-order valence-corrected chi connectivity index (χ1v) is 7.56. The van der Waals surface area contributed by atoms with Gasteiger partial charge in [0, 0.05) is 0 Å². The first-order chi connectivity index (χ1) is 9.60. The van der Waals surface area contributed by atoms with E-state index < -0.39 is 5.97 Å². The van der Waals surface area contributed by atoms with Crippen molar-refractivity contribution in [1.29, 1.82) is 0 Å². The van der Waals surface area contributed by atoms with Gasteiger partial charge in [0.2, 0.25) is 0 Å². The van der Waals surface area contributed by atoms with Crippen LogP contribution in [0.5, 0.6) is 0 Å². The Morgan fingerprint density at radius 1 is 1.20 bits per heavy atom. The fourth-order valence-electron chi connectivity index (χ4n) is 2.64. The van der Waals surface area contributed by atoms with Crippen LogP contribution < -0.4 is 0 Å². The summed E-state index contributed by atoms with van der Waals surface area (Å²) in [6.45, 7) is 6.45. The molecule has 1 aliphatic rings. The molecule has 0 spiro atoms. The molecule has 2 rings (SSSR count). The van der Waals surface area contributed by atoms with Gasteiger partial charge in [-0.15, -0.1) is 0 Å². The summed E-state index contributed by atoms with van der Waals surface area (Å²) in [5, 5.41) is 0. The van der Waals surface area contributed by atoms with Crippen LogP contribution in [0.3, 0.4) is 0 Å². The van der Waals surface area contributed by atoms with Crippen molar-refractivity contribution < 1.29 is 14.6 Å². The van der Waals surface area contributed by atoms with Crippen molar-refractivity contribution in [2.45, 2.75) is 52.6 Å². The van der Waals surface area contributed by atoms with Gasteiger partial charge in [-0.1, -0.05) is 39.3 Å². The van der Waals surface area contributed by atoms with Crippen LogP contribution in [0.25, 0.3) is 0 Å². The molecule has 0 aromatic heterocycles. The van der Waals surface area contributed by atoms with Gasteiger partial charge in [0.15, 0.2) is 0 Å². The fourth-order valence-corrected chi connectivity index (χ4v) is 2.64. The Bertz CT molecular complexity index is 438. The molecule has 3 nitrogen and oxygen atoms in total. The summed E-state index contributed by atoms with van der Waals surface area (Å²) < 4.78 is 0. The molecule has 3 atom stereocenters. The van der Waals surface area contributed by atoms with E-state index in [1.54, 1.807) is 12.1 Å². The lowest BCUT2D eigenvalue weighted by molar-refractivity contribution is -0.291. The molecule has 110 valence electrons. The Morgan fingerprint density at radius 3 is 2.55 bits per heavy atom. The Hall–Kier alpha value is -1.35. The predicted octanol–water partition coefficient (Wildman–Crippen LogP) is 4.16. The van der Waals surface area contributed by atoms with Gasteiger partial charge in [-0.05, 0) is 48.8 Å². The van der Waals surface area contributed by atoms with E-state index in [0.717, 1.165) is 19.3 Å². The maximum absolute atomic E-state index is 11.9. The molecule has 0 N–H and O–H groups in total. The summed E-state index contributed by atoms with van der Waals surface area (Å²) in [5.74, 6) is 0.679. The van der Waals surface area contributed by atoms with Crippen LogP contribution in [0.4, 0.5) is 0 Å². The predicted molar refractivity (Wildman–Crippen MR) is 78.3 cm³/mol. The van der Waals surface area contributed by atoms with Gasteiger partial charge in [-0.2, -0.15) is 4.89 Å². The van der Waals surface area contributed by atoms with E-state index in [1.165, 1.54) is 12.0 Å². The van der Waals surface area contributed by atoms with Crippen LogP contribution >= 0.6 is 0 Å². The second-order valence-electron chi connectivity index (χ2n) is 5.95. The Balaban J connectivity index is 1.87. The fraction of sp³-hybridized carbons (Fsp3) is 0.588. The minimum Gasteiger partial charge on any atom is -0.293 e. The molecule has 20 heavy (non-hydrogen) atoms. The molecule has 3 heteroatoms. The molecule has 0 bridgehead atoms. The topological polar surface area (TPSA) is 35.5 Å². The third-order valence-corrected chi connectivity index (χ3v) is 4.23. The molecular formula is C17H24O3. The smallest absolute Gasteiger partial charge is 0.293 e. The molecule has 0 amide bonds. The normalized spacial score (nSPS) is 26.2. The number of aryl methyl sites for hydroxylation is 1. The van der Waals surface area contributed by atoms with Gasteiger partial charge in [0.1, 0.15) is 6.10 Å². The lowest BCUT2D eigenvalue weighted by Crippen LogP contribution is -2.30. The zero-order chi connectivity index (χ0) is 14.5. The first kappa shape index (κ1) is 15.0. The van der Waals surface area contributed by atoms with Crippen LogP contribution in [-0.4, -0.2) is 12.1 Å². The summed E-state index contributed by atoms with van der Waals surface area (Å²) in [6, 6.07) is 7.47. The van der Waals surface area contributed by atoms with E-state index in [0.29, 0.717) is 17.4 Å². The highest BCUT2D eigenvalue weighted by Crippen LogP contribution is 2.30. The zero-order valence-electron chi connectivity index (χ0n) is 12.6. The van der Waals surface area contributed by atoms with Crippen molar-refractivity contribution in [3.05, 3.63) is 35.4 Å². The lowest BCUT2D eigenvalue weighted by Gasteiger charge is -2.30.